The van der Waals surface area contributed by atoms with Gasteiger partial charge in [0, 0.05) is 11.5 Å². The topological polar surface area (TPSA) is 57.5 Å². The van der Waals surface area contributed by atoms with Crippen molar-refractivity contribution in [1.29, 1.82) is 0 Å². The van der Waals surface area contributed by atoms with Crippen LogP contribution in [0.3, 0.4) is 0 Å². The number of rotatable bonds is 11. The van der Waals surface area contributed by atoms with Crippen molar-refractivity contribution >= 4 is 19.4 Å². The highest BCUT2D eigenvalue weighted by molar-refractivity contribution is 7.99. The summed E-state index contributed by atoms with van der Waals surface area (Å²) >= 11 is 1.57. The molecule has 0 amide bonds. The molecule has 0 aliphatic rings. The molecule has 0 heterocycles. The second kappa shape index (κ2) is 12.2. The zero-order valence-electron chi connectivity index (χ0n) is 14.3. The molecule has 5 heteroatoms. The Morgan fingerprint density at radius 1 is 0.955 bits per heavy atom. The van der Waals surface area contributed by atoms with Crippen molar-refractivity contribution < 1.29 is 14.4 Å². The average Bonchev–Trinajstić information content (AvgIpc) is 2.36. The van der Waals surface area contributed by atoms with Gasteiger partial charge in [0.05, 0.1) is 6.16 Å². The van der Waals surface area contributed by atoms with Crippen molar-refractivity contribution in [3.8, 4) is 0 Å². The molecule has 128 valence electrons. The van der Waals surface area contributed by atoms with Crippen LogP contribution in [0, 0.1) is 0 Å². The normalized spacial score (nSPS) is 13.4. The lowest BCUT2D eigenvalue weighted by atomic mass is 10.1. The summed E-state index contributed by atoms with van der Waals surface area (Å²) in [6.07, 6.45) is 11.1. The Morgan fingerprint density at radius 3 is 2.05 bits per heavy atom. The molecule has 0 rings (SSSR count). The van der Waals surface area contributed by atoms with Gasteiger partial charge in [0.15, 0.2) is 0 Å². The van der Waals surface area contributed by atoms with Crippen LogP contribution < -0.4 is 0 Å². The first-order valence-corrected chi connectivity index (χ1v) is 10.7. The van der Waals surface area contributed by atoms with Gasteiger partial charge in [-0.3, -0.25) is 4.57 Å². The first kappa shape index (κ1) is 21.7. The highest BCUT2D eigenvalue weighted by atomic mass is 32.2. The Kier molecular flexibility index (Phi) is 12.0. The molecular weight excluding hydrogens is 315 g/mol. The molecule has 0 aliphatic heterocycles. The maximum absolute atomic E-state index is 10.7. The van der Waals surface area contributed by atoms with E-state index in [0.717, 1.165) is 31.4 Å². The quantitative estimate of drug-likeness (QED) is 0.302. The minimum atomic E-state index is -3.83. The highest BCUT2D eigenvalue weighted by Crippen LogP contribution is 2.34. The van der Waals surface area contributed by atoms with Gasteiger partial charge >= 0.3 is 7.60 Å². The van der Waals surface area contributed by atoms with Crippen molar-refractivity contribution in [3.63, 3.8) is 0 Å². The number of hydrogen-bond acceptors (Lipinski definition) is 2. The van der Waals surface area contributed by atoms with Crippen molar-refractivity contribution in [2.45, 2.75) is 53.4 Å². The highest BCUT2D eigenvalue weighted by Gasteiger charge is 2.10. The molecule has 0 saturated carbocycles. The Hall–Kier alpha value is -0.280. The third-order valence-corrected chi connectivity index (χ3v) is 5.20. The van der Waals surface area contributed by atoms with Gasteiger partial charge in [-0.15, -0.1) is 0 Å². The van der Waals surface area contributed by atoms with Crippen molar-refractivity contribution in [2.75, 3.05) is 17.7 Å². The molecule has 22 heavy (non-hydrogen) atoms. The molecule has 0 unspecified atom stereocenters. The number of allylic oxidation sites excluding steroid dienone is 5. The second-order valence-corrected chi connectivity index (χ2v) is 8.85. The first-order chi connectivity index (χ1) is 10.2. The Balaban J connectivity index is 3.83. The summed E-state index contributed by atoms with van der Waals surface area (Å²) in [5.74, 6) is 1.34. The van der Waals surface area contributed by atoms with E-state index >= 15 is 0 Å². The maximum atomic E-state index is 10.7. The Labute approximate surface area is 140 Å². The van der Waals surface area contributed by atoms with E-state index in [4.69, 9.17) is 9.79 Å². The van der Waals surface area contributed by atoms with E-state index in [1.165, 1.54) is 16.7 Å². The molecule has 0 aromatic rings. The van der Waals surface area contributed by atoms with E-state index in [9.17, 15) is 4.57 Å². The fraction of sp³-hybridized carbons (Fsp3) is 0.647. The molecule has 0 radical (unpaired) electrons. The molecular formula is C17H31O3PS. The van der Waals surface area contributed by atoms with Gasteiger partial charge in [0.25, 0.3) is 0 Å². The fourth-order valence-electron chi connectivity index (χ4n) is 1.81. The minimum Gasteiger partial charge on any atom is -0.324 e. The average molecular weight is 346 g/mol. The fourth-order valence-corrected chi connectivity index (χ4v) is 3.84. The molecule has 0 aromatic heterocycles. The zero-order valence-corrected chi connectivity index (χ0v) is 16.1. The van der Waals surface area contributed by atoms with E-state index in [2.05, 4.69) is 45.9 Å². The lowest BCUT2D eigenvalue weighted by molar-refractivity contribution is 0.375. The summed E-state index contributed by atoms with van der Waals surface area (Å²) in [6, 6.07) is 0. The molecule has 0 saturated heterocycles. The predicted molar refractivity (Wildman–Crippen MR) is 99.6 cm³/mol. The van der Waals surface area contributed by atoms with Crippen LogP contribution in [0.1, 0.15) is 53.4 Å². The van der Waals surface area contributed by atoms with E-state index in [1.807, 2.05) is 0 Å². The molecule has 2 N–H and O–H groups in total. The van der Waals surface area contributed by atoms with Gasteiger partial charge in [0.2, 0.25) is 0 Å². The summed E-state index contributed by atoms with van der Waals surface area (Å²) in [5.41, 5.74) is 4.17. The molecule has 0 fully saturated rings. The van der Waals surface area contributed by atoms with Crippen LogP contribution in [0.25, 0.3) is 0 Å². The lowest BCUT2D eigenvalue weighted by Crippen LogP contribution is -1.91. The molecule has 0 aliphatic carbocycles. The van der Waals surface area contributed by atoms with Gasteiger partial charge < -0.3 is 9.79 Å². The van der Waals surface area contributed by atoms with Crippen molar-refractivity contribution in [2.24, 2.45) is 0 Å². The first-order valence-electron chi connectivity index (χ1n) is 7.77. The summed E-state index contributed by atoms with van der Waals surface area (Å²) in [6.45, 7) is 8.57. The third-order valence-electron chi connectivity index (χ3n) is 3.20. The Bertz CT molecular complexity index is 443. The van der Waals surface area contributed by atoms with Gasteiger partial charge in [-0.25, -0.2) is 0 Å². The zero-order chi connectivity index (χ0) is 17.0. The van der Waals surface area contributed by atoms with Crippen LogP contribution in [0.5, 0.6) is 0 Å². The molecule has 0 atom stereocenters. The smallest absolute Gasteiger partial charge is 0.324 e. The molecule has 3 nitrogen and oxygen atoms in total. The summed E-state index contributed by atoms with van der Waals surface area (Å²) in [4.78, 5) is 17.5. The third kappa shape index (κ3) is 16.1. The largest absolute Gasteiger partial charge is 0.326 e. The lowest BCUT2D eigenvalue weighted by Gasteiger charge is -2.03. The van der Waals surface area contributed by atoms with Crippen molar-refractivity contribution in [1.82, 2.24) is 0 Å². The Morgan fingerprint density at radius 2 is 1.50 bits per heavy atom. The van der Waals surface area contributed by atoms with Crippen LogP contribution in [0.15, 0.2) is 34.9 Å². The van der Waals surface area contributed by atoms with Crippen LogP contribution >= 0.6 is 19.4 Å². The van der Waals surface area contributed by atoms with Crippen molar-refractivity contribution in [3.05, 3.63) is 34.9 Å². The summed E-state index contributed by atoms with van der Waals surface area (Å²) in [5, 5.41) is 0. The second-order valence-electron chi connectivity index (χ2n) is 5.92. The molecule has 0 bridgehead atoms. The maximum Gasteiger partial charge on any atom is 0.326 e. The van der Waals surface area contributed by atoms with Gasteiger partial charge in [-0.05, 0) is 53.4 Å². The summed E-state index contributed by atoms with van der Waals surface area (Å²) in [7, 11) is -3.83. The standard InChI is InChI=1S/C17H31O3PS/c1-15(2)7-5-8-16(3)9-6-10-17(4)11-13-22-14-12-21(18,19)20/h7,9,11H,5-6,8,10,12-14H2,1-4H3,(H2,18,19,20)/b16-9+,17-11+. The number of thioether (sulfide) groups is 1. The SMILES string of the molecule is CC(C)=CCC/C(C)=C/CC/C(C)=C/CSCCP(=O)(O)O. The van der Waals surface area contributed by atoms with Gasteiger partial charge in [-0.2, -0.15) is 11.8 Å². The van der Waals surface area contributed by atoms with Crippen LogP contribution in [0.4, 0.5) is 0 Å². The van der Waals surface area contributed by atoms with Gasteiger partial charge in [0.1, 0.15) is 0 Å². The van der Waals surface area contributed by atoms with E-state index in [0.29, 0.717) is 5.75 Å². The molecule has 0 aromatic carbocycles. The monoisotopic (exact) mass is 346 g/mol. The van der Waals surface area contributed by atoms with Crippen LogP contribution in [-0.2, 0) is 4.57 Å². The van der Waals surface area contributed by atoms with Crippen LogP contribution in [-0.4, -0.2) is 27.5 Å². The predicted octanol–water partition coefficient (Wildman–Crippen LogP) is 5.32. The van der Waals surface area contributed by atoms with Crippen LogP contribution in [0.2, 0.25) is 0 Å². The van der Waals surface area contributed by atoms with E-state index < -0.39 is 7.60 Å². The summed E-state index contributed by atoms with van der Waals surface area (Å²) < 4.78 is 10.7. The number of hydrogen-bond donors (Lipinski definition) is 2. The van der Waals surface area contributed by atoms with E-state index in [1.54, 1.807) is 11.8 Å². The molecule has 0 spiro atoms. The minimum absolute atomic E-state index is 0.0296. The van der Waals surface area contributed by atoms with E-state index in [-0.39, 0.29) is 6.16 Å². The van der Waals surface area contributed by atoms with Gasteiger partial charge in [-0.1, -0.05) is 34.9 Å².